The first-order valence-corrected chi connectivity index (χ1v) is 5.93. The number of nitrogens with zero attached hydrogens (tertiary/aromatic N) is 3. The summed E-state index contributed by atoms with van der Waals surface area (Å²) in [4.78, 5) is 8.31. The summed E-state index contributed by atoms with van der Waals surface area (Å²) in [6.45, 7) is 1.82. The van der Waals surface area contributed by atoms with Crippen molar-refractivity contribution in [2.24, 2.45) is 0 Å². The van der Waals surface area contributed by atoms with E-state index < -0.39 is 11.7 Å². The van der Waals surface area contributed by atoms with Crippen molar-refractivity contribution in [3.05, 3.63) is 54.1 Å². The molecule has 0 N–H and O–H groups in total. The topological polar surface area (TPSA) is 30.2 Å². The molecule has 0 spiro atoms. The molecule has 0 saturated heterocycles. The number of rotatable bonds is 1. The van der Waals surface area contributed by atoms with E-state index in [4.69, 9.17) is 0 Å². The Kier molecular flexibility index (Phi) is 2.74. The molecular formula is C14H10F3N3. The van der Waals surface area contributed by atoms with Crippen molar-refractivity contribution in [3.63, 3.8) is 0 Å². The minimum Gasteiger partial charge on any atom is -0.297 e. The molecule has 0 unspecified atom stereocenters. The minimum atomic E-state index is -4.32. The predicted molar refractivity (Wildman–Crippen MR) is 68.2 cm³/mol. The van der Waals surface area contributed by atoms with Crippen LogP contribution in [0.5, 0.6) is 0 Å². The Morgan fingerprint density at radius 1 is 1.10 bits per heavy atom. The van der Waals surface area contributed by atoms with E-state index in [0.717, 1.165) is 23.5 Å². The van der Waals surface area contributed by atoms with Crippen molar-refractivity contribution in [3.8, 4) is 11.3 Å². The number of aromatic nitrogens is 3. The van der Waals surface area contributed by atoms with Crippen molar-refractivity contribution in [2.45, 2.75) is 13.1 Å². The molecule has 0 fully saturated rings. The highest BCUT2D eigenvalue weighted by Crippen LogP contribution is 2.31. The van der Waals surface area contributed by atoms with Gasteiger partial charge in [-0.25, -0.2) is 4.98 Å². The van der Waals surface area contributed by atoms with Crippen LogP contribution in [0.15, 0.2) is 42.9 Å². The number of imidazole rings is 1. The Morgan fingerprint density at radius 3 is 2.45 bits per heavy atom. The zero-order valence-electron chi connectivity index (χ0n) is 10.5. The van der Waals surface area contributed by atoms with E-state index >= 15 is 0 Å². The first-order valence-electron chi connectivity index (χ1n) is 5.93. The van der Waals surface area contributed by atoms with E-state index in [1.165, 1.54) is 12.1 Å². The van der Waals surface area contributed by atoms with Gasteiger partial charge in [-0.1, -0.05) is 12.1 Å². The van der Waals surface area contributed by atoms with Crippen LogP contribution in [0.3, 0.4) is 0 Å². The van der Waals surface area contributed by atoms with E-state index in [2.05, 4.69) is 9.97 Å². The normalized spacial score (nSPS) is 12.0. The van der Waals surface area contributed by atoms with Crippen LogP contribution in [-0.4, -0.2) is 14.4 Å². The van der Waals surface area contributed by atoms with Crippen LogP contribution >= 0.6 is 0 Å². The van der Waals surface area contributed by atoms with Gasteiger partial charge in [-0.3, -0.25) is 9.38 Å². The lowest BCUT2D eigenvalue weighted by molar-refractivity contribution is -0.137. The second kappa shape index (κ2) is 4.33. The van der Waals surface area contributed by atoms with Crippen LogP contribution < -0.4 is 0 Å². The van der Waals surface area contributed by atoms with Gasteiger partial charge in [0.05, 0.1) is 23.1 Å². The van der Waals surface area contributed by atoms with Crippen LogP contribution in [0.4, 0.5) is 13.2 Å². The molecule has 0 radical (unpaired) electrons. The quantitative estimate of drug-likeness (QED) is 0.678. The van der Waals surface area contributed by atoms with Crippen molar-refractivity contribution in [2.75, 3.05) is 0 Å². The first-order chi connectivity index (χ1) is 9.47. The number of alkyl halides is 3. The summed E-state index contributed by atoms with van der Waals surface area (Å²) in [5.41, 5.74) is 2.22. The number of halogens is 3. The van der Waals surface area contributed by atoms with Crippen molar-refractivity contribution >= 4 is 5.65 Å². The Bertz CT molecular complexity index is 757. The highest BCUT2D eigenvalue weighted by molar-refractivity contribution is 5.67. The third-order valence-corrected chi connectivity index (χ3v) is 3.09. The molecule has 2 aromatic heterocycles. The predicted octanol–water partition coefficient (Wildman–Crippen LogP) is 3.72. The molecule has 0 aliphatic heterocycles. The van der Waals surface area contributed by atoms with Gasteiger partial charge in [0.1, 0.15) is 0 Å². The summed E-state index contributed by atoms with van der Waals surface area (Å²) < 4.78 is 39.5. The van der Waals surface area contributed by atoms with E-state index in [0.29, 0.717) is 11.2 Å². The average molecular weight is 277 g/mol. The molecule has 102 valence electrons. The number of hydrogen-bond acceptors (Lipinski definition) is 2. The van der Waals surface area contributed by atoms with Crippen LogP contribution in [0.25, 0.3) is 16.9 Å². The Hall–Kier alpha value is -2.37. The summed E-state index contributed by atoms with van der Waals surface area (Å²) >= 11 is 0. The van der Waals surface area contributed by atoms with E-state index in [-0.39, 0.29) is 0 Å². The second-order valence-electron chi connectivity index (χ2n) is 4.43. The highest BCUT2D eigenvalue weighted by atomic mass is 19.4. The SMILES string of the molecule is Cc1nc2cnccn2c1-c1ccc(C(F)(F)F)cc1. The number of aryl methyl sites for hydroxylation is 1. The minimum absolute atomic E-state index is 0.658. The summed E-state index contributed by atoms with van der Waals surface area (Å²) in [6, 6.07) is 5.07. The van der Waals surface area contributed by atoms with Crippen LogP contribution in [0.1, 0.15) is 11.3 Å². The lowest BCUT2D eigenvalue weighted by atomic mass is 10.1. The lowest BCUT2D eigenvalue weighted by Crippen LogP contribution is -2.04. The van der Waals surface area contributed by atoms with Crippen LogP contribution in [-0.2, 0) is 6.18 Å². The molecule has 0 aliphatic rings. The number of hydrogen-bond donors (Lipinski definition) is 0. The summed E-state index contributed by atoms with van der Waals surface area (Å²) in [7, 11) is 0. The largest absolute Gasteiger partial charge is 0.416 e. The van der Waals surface area contributed by atoms with E-state index in [1.807, 2.05) is 11.3 Å². The van der Waals surface area contributed by atoms with Gasteiger partial charge in [-0.15, -0.1) is 0 Å². The molecule has 20 heavy (non-hydrogen) atoms. The van der Waals surface area contributed by atoms with Gasteiger partial charge in [-0.2, -0.15) is 13.2 Å². The fraction of sp³-hybridized carbons (Fsp3) is 0.143. The fourth-order valence-corrected chi connectivity index (χ4v) is 2.19. The van der Waals surface area contributed by atoms with Crippen molar-refractivity contribution in [1.29, 1.82) is 0 Å². The standard InChI is InChI=1S/C14H10F3N3/c1-9-13(20-7-6-18-8-12(20)19-9)10-2-4-11(5-3-10)14(15,16)17/h2-8H,1H3. The van der Waals surface area contributed by atoms with Crippen LogP contribution in [0, 0.1) is 6.92 Å². The Labute approximate surface area is 112 Å². The maximum Gasteiger partial charge on any atom is 0.416 e. The van der Waals surface area contributed by atoms with Gasteiger partial charge >= 0.3 is 6.18 Å². The third-order valence-electron chi connectivity index (χ3n) is 3.09. The smallest absolute Gasteiger partial charge is 0.297 e. The summed E-state index contributed by atoms with van der Waals surface area (Å²) in [5.74, 6) is 0. The van der Waals surface area contributed by atoms with E-state index in [1.54, 1.807) is 18.6 Å². The maximum absolute atomic E-state index is 12.6. The molecular weight excluding hydrogens is 267 g/mol. The second-order valence-corrected chi connectivity index (χ2v) is 4.43. The van der Waals surface area contributed by atoms with Gasteiger partial charge in [0.2, 0.25) is 0 Å². The van der Waals surface area contributed by atoms with E-state index in [9.17, 15) is 13.2 Å². The molecule has 6 heteroatoms. The van der Waals surface area contributed by atoms with Gasteiger partial charge in [0.25, 0.3) is 0 Å². The lowest BCUT2D eigenvalue weighted by Gasteiger charge is -2.08. The van der Waals surface area contributed by atoms with Gasteiger partial charge in [0, 0.05) is 18.0 Å². The zero-order chi connectivity index (χ0) is 14.3. The summed E-state index contributed by atoms with van der Waals surface area (Å²) in [5, 5.41) is 0. The van der Waals surface area contributed by atoms with Gasteiger partial charge in [0.15, 0.2) is 5.65 Å². The molecule has 0 aliphatic carbocycles. The Balaban J connectivity index is 2.14. The molecule has 0 bridgehead atoms. The Morgan fingerprint density at radius 2 is 1.80 bits per heavy atom. The molecule has 1 aromatic carbocycles. The van der Waals surface area contributed by atoms with Crippen molar-refractivity contribution in [1.82, 2.24) is 14.4 Å². The molecule has 3 nitrogen and oxygen atoms in total. The van der Waals surface area contributed by atoms with Gasteiger partial charge < -0.3 is 0 Å². The fourth-order valence-electron chi connectivity index (χ4n) is 2.19. The molecule has 0 atom stereocenters. The molecule has 0 amide bonds. The average Bonchev–Trinajstić information content (AvgIpc) is 2.73. The monoisotopic (exact) mass is 277 g/mol. The maximum atomic E-state index is 12.6. The number of fused-ring (bicyclic) bond motifs is 1. The molecule has 0 saturated carbocycles. The first kappa shape index (κ1) is 12.7. The van der Waals surface area contributed by atoms with Crippen molar-refractivity contribution < 1.29 is 13.2 Å². The molecule has 2 heterocycles. The molecule has 3 rings (SSSR count). The number of benzene rings is 1. The summed E-state index contributed by atoms with van der Waals surface area (Å²) in [6.07, 6.45) is 0.640. The highest BCUT2D eigenvalue weighted by Gasteiger charge is 2.30. The zero-order valence-corrected chi connectivity index (χ0v) is 10.5. The third kappa shape index (κ3) is 2.03. The molecule has 3 aromatic rings. The van der Waals surface area contributed by atoms with Crippen LogP contribution in [0.2, 0.25) is 0 Å². The van der Waals surface area contributed by atoms with Gasteiger partial charge in [-0.05, 0) is 19.1 Å².